The van der Waals surface area contributed by atoms with Crippen LogP contribution in [0.25, 0.3) is 10.6 Å². The van der Waals surface area contributed by atoms with Crippen LogP contribution < -0.4 is 10.1 Å². The Morgan fingerprint density at radius 2 is 1.96 bits per heavy atom. The topological polar surface area (TPSA) is 51.2 Å². The van der Waals surface area contributed by atoms with Gasteiger partial charge in [-0.3, -0.25) is 4.79 Å². The van der Waals surface area contributed by atoms with Crippen LogP contribution in [0.5, 0.6) is 5.75 Å². The molecular weight excluding hydrogens is 389 g/mol. The highest BCUT2D eigenvalue weighted by molar-refractivity contribution is 7.13. The molecule has 8 heteroatoms. The summed E-state index contributed by atoms with van der Waals surface area (Å²) in [6.45, 7) is -2.44. The van der Waals surface area contributed by atoms with Gasteiger partial charge in [0.1, 0.15) is 16.6 Å². The smallest absolute Gasteiger partial charge is 0.387 e. The van der Waals surface area contributed by atoms with Crippen LogP contribution >= 0.6 is 11.3 Å². The average Bonchev–Trinajstić information content (AvgIpc) is 3.11. The predicted octanol–water partition coefficient (Wildman–Crippen LogP) is 4.45. The Labute approximate surface area is 164 Å². The number of amides is 1. The molecule has 4 nitrogen and oxygen atoms in total. The van der Waals surface area contributed by atoms with Gasteiger partial charge in [-0.2, -0.15) is 8.78 Å². The zero-order valence-corrected chi connectivity index (χ0v) is 15.5. The highest BCUT2D eigenvalue weighted by Crippen LogP contribution is 2.24. The van der Waals surface area contributed by atoms with Crippen LogP contribution in [0.15, 0.2) is 53.9 Å². The molecule has 28 heavy (non-hydrogen) atoms. The Bertz CT molecular complexity index is 929. The number of carbonyl (C=O) groups is 1. The lowest BCUT2D eigenvalue weighted by molar-refractivity contribution is -0.120. The van der Waals surface area contributed by atoms with Crippen molar-refractivity contribution < 1.29 is 22.7 Å². The summed E-state index contributed by atoms with van der Waals surface area (Å²) in [7, 11) is 0. The zero-order chi connectivity index (χ0) is 19.9. The van der Waals surface area contributed by atoms with E-state index in [-0.39, 0.29) is 23.9 Å². The number of rotatable bonds is 8. The summed E-state index contributed by atoms with van der Waals surface area (Å²) in [4.78, 5) is 16.4. The first-order chi connectivity index (χ1) is 13.5. The maximum atomic E-state index is 13.3. The van der Waals surface area contributed by atoms with Crippen LogP contribution in [0.2, 0.25) is 0 Å². The number of hydrogen-bond acceptors (Lipinski definition) is 4. The Balaban J connectivity index is 1.46. The number of aromatic nitrogens is 1. The van der Waals surface area contributed by atoms with Crippen molar-refractivity contribution >= 4 is 17.2 Å². The molecule has 3 aromatic rings. The number of nitrogens with zero attached hydrogens (tertiary/aromatic N) is 1. The third kappa shape index (κ3) is 5.82. The van der Waals surface area contributed by atoms with E-state index >= 15 is 0 Å². The molecule has 0 aliphatic heterocycles. The molecular formula is C20H17F3N2O2S. The van der Waals surface area contributed by atoms with Gasteiger partial charge in [0.05, 0.1) is 12.1 Å². The van der Waals surface area contributed by atoms with Gasteiger partial charge in [-0.25, -0.2) is 9.37 Å². The monoisotopic (exact) mass is 406 g/mol. The first-order valence-electron chi connectivity index (χ1n) is 8.50. The maximum Gasteiger partial charge on any atom is 0.387 e. The van der Waals surface area contributed by atoms with Crippen molar-refractivity contribution in [2.75, 3.05) is 6.54 Å². The Morgan fingerprint density at radius 3 is 2.68 bits per heavy atom. The van der Waals surface area contributed by atoms with Gasteiger partial charge < -0.3 is 10.1 Å². The van der Waals surface area contributed by atoms with Crippen LogP contribution in [-0.2, 0) is 17.6 Å². The largest absolute Gasteiger partial charge is 0.435 e. The number of thiazole rings is 1. The zero-order valence-electron chi connectivity index (χ0n) is 14.7. The number of benzene rings is 2. The molecule has 3 rings (SSSR count). The van der Waals surface area contributed by atoms with E-state index in [4.69, 9.17) is 0 Å². The second-order valence-electron chi connectivity index (χ2n) is 5.95. The summed E-state index contributed by atoms with van der Waals surface area (Å²) in [5, 5.41) is 5.24. The van der Waals surface area contributed by atoms with Crippen LogP contribution in [-0.4, -0.2) is 24.0 Å². The van der Waals surface area contributed by atoms with Crippen molar-refractivity contribution in [3.05, 3.63) is 71.0 Å². The van der Waals surface area contributed by atoms with Crippen molar-refractivity contribution in [1.29, 1.82) is 0 Å². The van der Waals surface area contributed by atoms with Gasteiger partial charge in [0, 0.05) is 17.5 Å². The third-order valence-electron chi connectivity index (χ3n) is 3.85. The predicted molar refractivity (Wildman–Crippen MR) is 101 cm³/mol. The molecule has 0 bridgehead atoms. The Hall–Kier alpha value is -2.87. The van der Waals surface area contributed by atoms with E-state index in [1.54, 1.807) is 29.6 Å². The molecule has 1 amide bonds. The molecule has 2 aromatic carbocycles. The SMILES string of the molecule is O=C(Cc1csc(-c2cccc(F)c2)n1)NCCc1ccc(OC(F)F)cc1. The second kappa shape index (κ2) is 9.36. The maximum absolute atomic E-state index is 13.3. The standard InChI is InChI=1S/C20H17F3N2O2S/c21-15-3-1-2-14(10-15)19-25-16(12-28-19)11-18(26)24-9-8-13-4-6-17(7-5-13)27-20(22)23/h1-7,10,12,20H,8-9,11H2,(H,24,26). The summed E-state index contributed by atoms with van der Waals surface area (Å²) in [5.74, 6) is -0.407. The van der Waals surface area contributed by atoms with E-state index in [1.807, 2.05) is 0 Å². The molecule has 1 N–H and O–H groups in total. The normalized spacial score (nSPS) is 10.9. The van der Waals surface area contributed by atoms with Crippen molar-refractivity contribution in [3.8, 4) is 16.3 Å². The summed E-state index contributed by atoms with van der Waals surface area (Å²) < 4.78 is 41.8. The van der Waals surface area contributed by atoms with Gasteiger partial charge >= 0.3 is 6.61 Å². The van der Waals surface area contributed by atoms with Crippen LogP contribution in [0.3, 0.4) is 0 Å². The second-order valence-corrected chi connectivity index (χ2v) is 6.81. The highest BCUT2D eigenvalue weighted by atomic mass is 32.1. The van der Waals surface area contributed by atoms with Crippen molar-refractivity contribution in [1.82, 2.24) is 10.3 Å². The minimum Gasteiger partial charge on any atom is -0.435 e. The molecule has 0 radical (unpaired) electrons. The van der Waals surface area contributed by atoms with Crippen LogP contribution in [0.1, 0.15) is 11.3 Å². The third-order valence-corrected chi connectivity index (χ3v) is 4.79. The number of nitrogens with one attached hydrogen (secondary N) is 1. The molecule has 0 spiro atoms. The van der Waals surface area contributed by atoms with Crippen molar-refractivity contribution in [3.63, 3.8) is 0 Å². The molecule has 0 aliphatic rings. The van der Waals surface area contributed by atoms with E-state index in [0.29, 0.717) is 29.2 Å². The summed E-state index contributed by atoms with van der Waals surface area (Å²) in [5.41, 5.74) is 2.19. The lowest BCUT2D eigenvalue weighted by atomic mass is 10.1. The van der Waals surface area contributed by atoms with E-state index in [9.17, 15) is 18.0 Å². The van der Waals surface area contributed by atoms with Gasteiger partial charge in [0.2, 0.25) is 5.91 Å². The van der Waals surface area contributed by atoms with Gasteiger partial charge in [-0.15, -0.1) is 11.3 Å². The van der Waals surface area contributed by atoms with E-state index in [2.05, 4.69) is 15.0 Å². The molecule has 1 aromatic heterocycles. The first-order valence-corrected chi connectivity index (χ1v) is 9.38. The van der Waals surface area contributed by atoms with Crippen LogP contribution in [0, 0.1) is 5.82 Å². The fraction of sp³-hybridized carbons (Fsp3) is 0.200. The molecule has 0 atom stereocenters. The Morgan fingerprint density at radius 1 is 1.18 bits per heavy atom. The van der Waals surface area contributed by atoms with Crippen LogP contribution in [0.4, 0.5) is 13.2 Å². The fourth-order valence-electron chi connectivity index (χ4n) is 2.55. The van der Waals surface area contributed by atoms with Gasteiger partial charge in [0.15, 0.2) is 0 Å². The van der Waals surface area contributed by atoms with E-state index in [1.165, 1.54) is 35.6 Å². The molecule has 146 valence electrons. The fourth-order valence-corrected chi connectivity index (χ4v) is 3.37. The van der Waals surface area contributed by atoms with Crippen molar-refractivity contribution in [2.45, 2.75) is 19.5 Å². The minimum atomic E-state index is -2.85. The number of hydrogen-bond donors (Lipinski definition) is 1. The molecule has 0 saturated heterocycles. The molecule has 1 heterocycles. The average molecular weight is 406 g/mol. The molecule has 0 unspecified atom stereocenters. The van der Waals surface area contributed by atoms with Gasteiger partial charge in [0.25, 0.3) is 0 Å². The number of halogens is 3. The molecule has 0 saturated carbocycles. The van der Waals surface area contributed by atoms with Gasteiger partial charge in [-0.1, -0.05) is 24.3 Å². The lowest BCUT2D eigenvalue weighted by Crippen LogP contribution is -2.27. The van der Waals surface area contributed by atoms with E-state index < -0.39 is 6.61 Å². The number of ether oxygens (including phenoxy) is 1. The number of alkyl halides is 2. The van der Waals surface area contributed by atoms with Gasteiger partial charge in [-0.05, 0) is 36.2 Å². The summed E-state index contributed by atoms with van der Waals surface area (Å²) >= 11 is 1.36. The summed E-state index contributed by atoms with van der Waals surface area (Å²) in [6.07, 6.45) is 0.694. The number of carbonyl (C=O) groups excluding carboxylic acids is 1. The molecule has 0 aliphatic carbocycles. The molecule has 0 fully saturated rings. The highest BCUT2D eigenvalue weighted by Gasteiger charge is 2.10. The van der Waals surface area contributed by atoms with E-state index in [0.717, 1.165) is 5.56 Å². The summed E-state index contributed by atoms with van der Waals surface area (Å²) in [6, 6.07) is 12.4. The quantitative estimate of drug-likeness (QED) is 0.601. The Kier molecular flexibility index (Phi) is 6.65. The van der Waals surface area contributed by atoms with Crippen molar-refractivity contribution in [2.24, 2.45) is 0 Å². The minimum absolute atomic E-state index is 0.0976. The first kappa shape index (κ1) is 19.9. The lowest BCUT2D eigenvalue weighted by Gasteiger charge is -2.07.